The lowest BCUT2D eigenvalue weighted by Crippen LogP contribution is -2.24. The summed E-state index contributed by atoms with van der Waals surface area (Å²) in [6.45, 7) is 0.147. The van der Waals surface area contributed by atoms with Gasteiger partial charge in [-0.1, -0.05) is 28.9 Å². The number of rotatable bonds is 4. The number of halogens is 1. The molecule has 1 amide bonds. The van der Waals surface area contributed by atoms with Gasteiger partial charge < -0.3 is 9.84 Å². The van der Waals surface area contributed by atoms with Crippen molar-refractivity contribution in [2.45, 2.75) is 32.2 Å². The lowest BCUT2D eigenvalue weighted by Gasteiger charge is -2.10. The Morgan fingerprint density at radius 2 is 2.20 bits per heavy atom. The summed E-state index contributed by atoms with van der Waals surface area (Å²) in [7, 11) is 0. The number of carbonyl (C=O) groups excluding carboxylic acids is 1. The molecule has 0 radical (unpaired) electrons. The number of carbonyl (C=O) groups is 1. The van der Waals surface area contributed by atoms with E-state index in [4.69, 9.17) is 16.1 Å². The van der Waals surface area contributed by atoms with Crippen LogP contribution in [0.1, 0.15) is 40.5 Å². The highest BCUT2D eigenvalue weighted by molar-refractivity contribution is 6.30. The van der Waals surface area contributed by atoms with E-state index < -0.39 is 0 Å². The molecule has 0 unspecified atom stereocenters. The summed E-state index contributed by atoms with van der Waals surface area (Å²) in [6, 6.07) is 7.19. The first-order valence-corrected chi connectivity index (χ1v) is 8.51. The Labute approximate surface area is 148 Å². The van der Waals surface area contributed by atoms with Gasteiger partial charge in [0.1, 0.15) is 0 Å². The lowest BCUT2D eigenvalue weighted by molar-refractivity contribution is 0.0940. The van der Waals surface area contributed by atoms with Crippen LogP contribution in [0.15, 0.2) is 28.8 Å². The van der Waals surface area contributed by atoms with Crippen LogP contribution in [0, 0.1) is 0 Å². The Morgan fingerprint density at radius 1 is 1.32 bits per heavy atom. The van der Waals surface area contributed by atoms with E-state index in [1.807, 2.05) is 12.1 Å². The topological polar surface area (TPSA) is 96.7 Å². The quantitative estimate of drug-likeness (QED) is 0.748. The summed E-state index contributed by atoms with van der Waals surface area (Å²) in [4.78, 5) is 16.7. The maximum Gasteiger partial charge on any atom is 0.272 e. The van der Waals surface area contributed by atoms with E-state index in [9.17, 15) is 4.79 Å². The van der Waals surface area contributed by atoms with Gasteiger partial charge in [0, 0.05) is 21.8 Å². The average molecular weight is 358 g/mol. The van der Waals surface area contributed by atoms with E-state index in [0.717, 1.165) is 42.5 Å². The number of nitrogens with one attached hydrogen (secondary N) is 2. The summed E-state index contributed by atoms with van der Waals surface area (Å²) in [6.07, 6.45) is 4.04. The van der Waals surface area contributed by atoms with E-state index in [0.29, 0.717) is 22.4 Å². The van der Waals surface area contributed by atoms with Crippen LogP contribution < -0.4 is 5.32 Å². The highest BCUT2D eigenvalue weighted by atomic mass is 35.5. The number of fused-ring (bicyclic) bond motifs is 1. The maximum absolute atomic E-state index is 12.4. The predicted molar refractivity (Wildman–Crippen MR) is 91.1 cm³/mol. The number of hydrogen-bond donors (Lipinski definition) is 2. The fraction of sp³-hybridized carbons (Fsp3) is 0.294. The van der Waals surface area contributed by atoms with E-state index in [-0.39, 0.29) is 12.5 Å². The highest BCUT2D eigenvalue weighted by Crippen LogP contribution is 2.22. The fourth-order valence-electron chi connectivity index (χ4n) is 2.98. The van der Waals surface area contributed by atoms with Crippen molar-refractivity contribution >= 4 is 17.5 Å². The molecule has 1 aliphatic carbocycles. The number of benzene rings is 1. The van der Waals surface area contributed by atoms with Crippen LogP contribution in [0.3, 0.4) is 0 Å². The minimum Gasteiger partial charge on any atom is -0.342 e. The maximum atomic E-state index is 12.4. The van der Waals surface area contributed by atoms with Crippen LogP contribution in [0.5, 0.6) is 0 Å². The number of hydrogen-bond acceptors (Lipinski definition) is 5. The third-order valence-electron chi connectivity index (χ3n) is 4.22. The molecule has 0 aliphatic heterocycles. The third kappa shape index (κ3) is 3.28. The highest BCUT2D eigenvalue weighted by Gasteiger charge is 2.22. The Balaban J connectivity index is 1.43. The van der Waals surface area contributed by atoms with Crippen molar-refractivity contribution < 1.29 is 9.32 Å². The second kappa shape index (κ2) is 6.68. The van der Waals surface area contributed by atoms with Gasteiger partial charge >= 0.3 is 0 Å². The van der Waals surface area contributed by atoms with Crippen molar-refractivity contribution in [2.75, 3.05) is 0 Å². The van der Waals surface area contributed by atoms with E-state index in [1.165, 1.54) is 0 Å². The molecule has 7 nitrogen and oxygen atoms in total. The molecule has 4 rings (SSSR count). The minimum absolute atomic E-state index is 0.147. The fourth-order valence-corrected chi connectivity index (χ4v) is 3.17. The molecule has 128 valence electrons. The zero-order chi connectivity index (χ0) is 17.2. The number of nitrogens with zero attached hydrogens (tertiary/aromatic N) is 3. The van der Waals surface area contributed by atoms with Gasteiger partial charge in [-0.05, 0) is 37.8 Å². The zero-order valence-corrected chi connectivity index (χ0v) is 14.1. The van der Waals surface area contributed by atoms with Gasteiger partial charge in [0.2, 0.25) is 11.7 Å². The molecule has 0 bridgehead atoms. The molecule has 0 fully saturated rings. The Kier molecular flexibility index (Phi) is 4.23. The molecule has 8 heteroatoms. The molecular formula is C17H16ClN5O2. The smallest absolute Gasteiger partial charge is 0.272 e. The second-order valence-corrected chi connectivity index (χ2v) is 6.38. The molecule has 1 aromatic carbocycles. The van der Waals surface area contributed by atoms with Crippen LogP contribution in [0.25, 0.3) is 11.4 Å². The SMILES string of the molecule is O=C(NCc1nc(-c2cccc(Cl)c2)no1)c1n[nH]c2c1CCCC2. The number of amides is 1. The zero-order valence-electron chi connectivity index (χ0n) is 13.4. The Morgan fingerprint density at radius 3 is 3.08 bits per heavy atom. The summed E-state index contributed by atoms with van der Waals surface area (Å²) in [5, 5.41) is 14.4. The monoisotopic (exact) mass is 357 g/mol. The first kappa shape index (κ1) is 15.8. The first-order valence-electron chi connectivity index (χ1n) is 8.13. The minimum atomic E-state index is -0.234. The largest absolute Gasteiger partial charge is 0.342 e. The Bertz CT molecular complexity index is 917. The van der Waals surface area contributed by atoms with Crippen LogP contribution in [-0.4, -0.2) is 26.2 Å². The van der Waals surface area contributed by atoms with Gasteiger partial charge in [-0.15, -0.1) is 0 Å². The van der Waals surface area contributed by atoms with E-state index >= 15 is 0 Å². The molecule has 2 aromatic heterocycles. The molecule has 0 saturated heterocycles. The molecule has 2 N–H and O–H groups in total. The summed E-state index contributed by atoms with van der Waals surface area (Å²) >= 11 is 5.97. The first-order chi connectivity index (χ1) is 12.2. The Hall–Kier alpha value is -2.67. The van der Waals surface area contributed by atoms with Gasteiger partial charge in [-0.3, -0.25) is 9.89 Å². The molecule has 3 aromatic rings. The summed E-state index contributed by atoms with van der Waals surface area (Å²) < 4.78 is 5.19. The van der Waals surface area contributed by atoms with Crippen molar-refractivity contribution in [3.05, 3.63) is 52.1 Å². The van der Waals surface area contributed by atoms with E-state index in [2.05, 4.69) is 25.7 Å². The number of aryl methyl sites for hydroxylation is 1. The van der Waals surface area contributed by atoms with Gasteiger partial charge in [0.05, 0.1) is 6.54 Å². The predicted octanol–water partition coefficient (Wildman–Crippen LogP) is 2.92. The molecule has 0 spiro atoms. The van der Waals surface area contributed by atoms with Crippen molar-refractivity contribution in [1.29, 1.82) is 0 Å². The molecule has 0 saturated carbocycles. The van der Waals surface area contributed by atoms with Crippen LogP contribution in [0.2, 0.25) is 5.02 Å². The van der Waals surface area contributed by atoms with Crippen LogP contribution >= 0.6 is 11.6 Å². The van der Waals surface area contributed by atoms with Gasteiger partial charge in [-0.2, -0.15) is 10.1 Å². The molecular weight excluding hydrogens is 342 g/mol. The van der Waals surface area contributed by atoms with Crippen molar-refractivity contribution in [3.8, 4) is 11.4 Å². The average Bonchev–Trinajstić information content (AvgIpc) is 3.27. The van der Waals surface area contributed by atoms with E-state index in [1.54, 1.807) is 12.1 Å². The normalized spacial score (nSPS) is 13.5. The molecule has 25 heavy (non-hydrogen) atoms. The van der Waals surface area contributed by atoms with Crippen molar-refractivity contribution in [1.82, 2.24) is 25.7 Å². The standard InChI is InChI=1S/C17H16ClN5O2/c18-11-5-3-4-10(8-11)16-20-14(25-23-16)9-19-17(24)15-12-6-1-2-7-13(12)21-22-15/h3-5,8H,1-2,6-7,9H2,(H,19,24)(H,21,22). The van der Waals surface area contributed by atoms with Gasteiger partial charge in [-0.25, -0.2) is 0 Å². The molecule has 1 aliphatic rings. The van der Waals surface area contributed by atoms with Crippen LogP contribution in [0.4, 0.5) is 0 Å². The number of aromatic amines is 1. The summed E-state index contributed by atoms with van der Waals surface area (Å²) in [5.41, 5.74) is 3.31. The third-order valence-corrected chi connectivity index (χ3v) is 4.46. The van der Waals surface area contributed by atoms with Gasteiger partial charge in [0.25, 0.3) is 5.91 Å². The number of H-pyrrole nitrogens is 1. The van der Waals surface area contributed by atoms with Crippen LogP contribution in [-0.2, 0) is 19.4 Å². The van der Waals surface area contributed by atoms with Gasteiger partial charge in [0.15, 0.2) is 5.69 Å². The van der Waals surface area contributed by atoms with Crippen molar-refractivity contribution in [2.24, 2.45) is 0 Å². The van der Waals surface area contributed by atoms with Crippen molar-refractivity contribution in [3.63, 3.8) is 0 Å². The molecule has 2 heterocycles. The molecule has 0 atom stereocenters. The second-order valence-electron chi connectivity index (χ2n) is 5.94. The summed E-state index contributed by atoms with van der Waals surface area (Å²) in [5.74, 6) is 0.526. The lowest BCUT2D eigenvalue weighted by atomic mass is 9.96. The number of aromatic nitrogens is 4.